The predicted octanol–water partition coefficient (Wildman–Crippen LogP) is 4.27. The van der Waals surface area contributed by atoms with E-state index in [2.05, 4.69) is 39.0 Å². The van der Waals surface area contributed by atoms with Gasteiger partial charge >= 0.3 is 0 Å². The molecule has 6 nitrogen and oxygen atoms in total. The summed E-state index contributed by atoms with van der Waals surface area (Å²) in [7, 11) is -1.79. The molecule has 1 aromatic carbocycles. The lowest BCUT2D eigenvalue weighted by Gasteiger charge is -2.36. The summed E-state index contributed by atoms with van der Waals surface area (Å²) >= 11 is 0. The fraction of sp³-hybridized carbons (Fsp3) is 0.562. The van der Waals surface area contributed by atoms with Crippen molar-refractivity contribution < 1.29 is 9.35 Å². The molecule has 0 atom stereocenters. The normalized spacial score (nSPS) is 12.8. The van der Waals surface area contributed by atoms with Crippen molar-refractivity contribution in [3.05, 3.63) is 34.0 Å². The van der Waals surface area contributed by atoms with Gasteiger partial charge < -0.3 is 4.43 Å². The van der Waals surface area contributed by atoms with E-state index in [-0.39, 0.29) is 15.6 Å². The van der Waals surface area contributed by atoms with E-state index in [1.807, 2.05) is 6.07 Å². The summed E-state index contributed by atoms with van der Waals surface area (Å²) in [4.78, 5) is 10.8. The van der Waals surface area contributed by atoms with E-state index >= 15 is 0 Å². The minimum Gasteiger partial charge on any atom is -0.415 e. The Morgan fingerprint density at radius 2 is 2.00 bits per heavy atom. The zero-order valence-electron chi connectivity index (χ0n) is 14.7. The van der Waals surface area contributed by atoms with E-state index in [1.165, 1.54) is 0 Å². The zero-order valence-corrected chi connectivity index (χ0v) is 15.7. The first-order valence-electron chi connectivity index (χ1n) is 7.77. The van der Waals surface area contributed by atoms with Crippen LogP contribution in [0.3, 0.4) is 0 Å². The molecule has 2 aromatic rings. The van der Waals surface area contributed by atoms with Crippen molar-refractivity contribution in [3.8, 4) is 0 Å². The van der Waals surface area contributed by atoms with E-state index in [1.54, 1.807) is 23.9 Å². The van der Waals surface area contributed by atoms with Crippen molar-refractivity contribution in [1.29, 1.82) is 0 Å². The van der Waals surface area contributed by atoms with Gasteiger partial charge in [-0.3, -0.25) is 14.8 Å². The number of nitro benzene ring substituents is 1. The molecule has 7 heteroatoms. The average Bonchev–Trinajstić information content (AvgIpc) is 2.78. The van der Waals surface area contributed by atoms with Crippen molar-refractivity contribution in [1.82, 2.24) is 9.78 Å². The molecule has 0 unspecified atom stereocenters. The molecule has 0 aliphatic heterocycles. The largest absolute Gasteiger partial charge is 0.415 e. The highest BCUT2D eigenvalue weighted by molar-refractivity contribution is 6.74. The molecule has 126 valence electrons. The number of nitro groups is 1. The summed E-state index contributed by atoms with van der Waals surface area (Å²) in [6.07, 6.45) is 1.75. The molecule has 0 aliphatic rings. The van der Waals surface area contributed by atoms with Crippen molar-refractivity contribution in [2.75, 3.05) is 6.61 Å². The number of nitrogens with zero attached hydrogens (tertiary/aromatic N) is 3. The first-order chi connectivity index (χ1) is 10.5. The van der Waals surface area contributed by atoms with Gasteiger partial charge in [-0.15, -0.1) is 0 Å². The van der Waals surface area contributed by atoms with Gasteiger partial charge in [0.2, 0.25) is 0 Å². The van der Waals surface area contributed by atoms with Gasteiger partial charge in [0.05, 0.1) is 29.8 Å². The minimum absolute atomic E-state index is 0.129. The SMILES string of the molecule is Cc1cc2cnn(CCO[Si](C)(C)C(C)(C)C)c2cc1[N+](=O)[O-]. The summed E-state index contributed by atoms with van der Waals surface area (Å²) < 4.78 is 7.95. The third kappa shape index (κ3) is 3.61. The molecule has 0 saturated heterocycles. The molecule has 1 aromatic heterocycles. The van der Waals surface area contributed by atoms with Crippen molar-refractivity contribution in [2.45, 2.75) is 52.4 Å². The van der Waals surface area contributed by atoms with Crippen LogP contribution >= 0.6 is 0 Å². The Hall–Kier alpha value is -1.73. The van der Waals surface area contributed by atoms with Crippen LogP contribution in [0.4, 0.5) is 5.69 Å². The van der Waals surface area contributed by atoms with Gasteiger partial charge in [0, 0.05) is 17.0 Å². The smallest absolute Gasteiger partial charge is 0.274 e. The summed E-state index contributed by atoms with van der Waals surface area (Å²) in [5.41, 5.74) is 1.56. The quantitative estimate of drug-likeness (QED) is 0.464. The molecule has 1 heterocycles. The Kier molecular flexibility index (Phi) is 4.63. The molecule has 0 saturated carbocycles. The molecule has 0 amide bonds. The van der Waals surface area contributed by atoms with Crippen LogP contribution in [0.5, 0.6) is 0 Å². The average molecular weight is 335 g/mol. The van der Waals surface area contributed by atoms with Crippen molar-refractivity contribution in [2.24, 2.45) is 0 Å². The Morgan fingerprint density at radius 1 is 1.35 bits per heavy atom. The van der Waals surface area contributed by atoms with Gasteiger partial charge in [-0.05, 0) is 31.1 Å². The Labute approximate surface area is 137 Å². The lowest BCUT2D eigenvalue weighted by molar-refractivity contribution is -0.385. The molecular formula is C16H25N3O3Si. The predicted molar refractivity (Wildman–Crippen MR) is 94.3 cm³/mol. The maximum atomic E-state index is 11.1. The van der Waals surface area contributed by atoms with Crippen LogP contribution in [-0.2, 0) is 11.0 Å². The van der Waals surface area contributed by atoms with Gasteiger partial charge in [-0.2, -0.15) is 5.10 Å². The molecule has 0 spiro atoms. The lowest BCUT2D eigenvalue weighted by Crippen LogP contribution is -2.41. The molecule has 0 bridgehead atoms. The number of fused-ring (bicyclic) bond motifs is 1. The Bertz CT molecular complexity index is 732. The summed E-state index contributed by atoms with van der Waals surface area (Å²) in [6.45, 7) is 13.9. The number of hydrogen-bond acceptors (Lipinski definition) is 4. The Balaban J connectivity index is 2.18. The van der Waals surface area contributed by atoms with Gasteiger partial charge in [0.15, 0.2) is 8.32 Å². The second kappa shape index (κ2) is 6.05. The lowest BCUT2D eigenvalue weighted by atomic mass is 10.1. The zero-order chi connectivity index (χ0) is 17.4. The van der Waals surface area contributed by atoms with Gasteiger partial charge in [-0.1, -0.05) is 20.8 Å². The number of aryl methyl sites for hydroxylation is 1. The van der Waals surface area contributed by atoms with E-state index in [9.17, 15) is 10.1 Å². The number of rotatable bonds is 5. The van der Waals surface area contributed by atoms with E-state index in [0.717, 1.165) is 10.9 Å². The van der Waals surface area contributed by atoms with Crippen LogP contribution in [0.15, 0.2) is 18.3 Å². The minimum atomic E-state index is -1.79. The highest BCUT2D eigenvalue weighted by Gasteiger charge is 2.36. The summed E-state index contributed by atoms with van der Waals surface area (Å²) in [5, 5.41) is 16.5. The Morgan fingerprint density at radius 3 is 2.57 bits per heavy atom. The highest BCUT2D eigenvalue weighted by atomic mass is 28.4. The van der Waals surface area contributed by atoms with Crippen LogP contribution in [0.2, 0.25) is 18.1 Å². The highest BCUT2D eigenvalue weighted by Crippen LogP contribution is 2.36. The fourth-order valence-electron chi connectivity index (χ4n) is 2.21. The third-order valence-corrected chi connectivity index (χ3v) is 9.27. The second-order valence-corrected chi connectivity index (χ2v) is 12.2. The summed E-state index contributed by atoms with van der Waals surface area (Å²) in [5.74, 6) is 0. The monoisotopic (exact) mass is 335 g/mol. The molecular weight excluding hydrogens is 310 g/mol. The molecule has 2 rings (SSSR count). The van der Waals surface area contributed by atoms with Crippen LogP contribution in [0.1, 0.15) is 26.3 Å². The molecule has 23 heavy (non-hydrogen) atoms. The first-order valence-corrected chi connectivity index (χ1v) is 10.7. The van der Waals surface area contributed by atoms with Crippen LogP contribution < -0.4 is 0 Å². The first kappa shape index (κ1) is 17.6. The third-order valence-electron chi connectivity index (χ3n) is 4.73. The maximum absolute atomic E-state index is 11.1. The van der Waals surface area contributed by atoms with Crippen molar-refractivity contribution >= 4 is 24.9 Å². The molecule has 0 radical (unpaired) electrons. The van der Waals surface area contributed by atoms with Gasteiger partial charge in [0.25, 0.3) is 5.69 Å². The van der Waals surface area contributed by atoms with E-state index in [0.29, 0.717) is 18.7 Å². The number of hydrogen-bond donors (Lipinski definition) is 0. The number of aromatic nitrogens is 2. The van der Waals surface area contributed by atoms with Gasteiger partial charge in [0.1, 0.15) is 0 Å². The molecule has 0 N–H and O–H groups in total. The second-order valence-electron chi connectivity index (χ2n) is 7.43. The summed E-state index contributed by atoms with van der Waals surface area (Å²) in [6, 6.07) is 3.41. The number of benzene rings is 1. The standard InChI is InChI=1S/C16H25N3O3Si/c1-12-9-13-11-17-18(15(13)10-14(12)19(20)21)7-8-22-23(5,6)16(2,3)4/h9-11H,7-8H2,1-6H3. The van der Waals surface area contributed by atoms with Crippen LogP contribution in [0, 0.1) is 17.0 Å². The van der Waals surface area contributed by atoms with Crippen LogP contribution in [-0.4, -0.2) is 29.6 Å². The van der Waals surface area contributed by atoms with E-state index < -0.39 is 8.32 Å². The fourth-order valence-corrected chi connectivity index (χ4v) is 3.24. The van der Waals surface area contributed by atoms with Crippen molar-refractivity contribution in [3.63, 3.8) is 0 Å². The van der Waals surface area contributed by atoms with Crippen LogP contribution in [0.25, 0.3) is 10.9 Å². The molecule has 0 fully saturated rings. The molecule has 0 aliphatic carbocycles. The topological polar surface area (TPSA) is 70.2 Å². The maximum Gasteiger partial charge on any atom is 0.274 e. The van der Waals surface area contributed by atoms with E-state index in [4.69, 9.17) is 4.43 Å². The van der Waals surface area contributed by atoms with Gasteiger partial charge in [-0.25, -0.2) is 0 Å².